The quantitative estimate of drug-likeness (QED) is 0.706. The molecule has 0 radical (unpaired) electrons. The molecule has 2 aromatic rings. The summed E-state index contributed by atoms with van der Waals surface area (Å²) in [6.45, 7) is 1.80. The molecule has 0 spiro atoms. The smallest absolute Gasteiger partial charge is 0.339 e. The summed E-state index contributed by atoms with van der Waals surface area (Å²) in [5.74, 6) is -1.01. The lowest BCUT2D eigenvalue weighted by molar-refractivity contribution is 0.0694. The number of nitrogens with one attached hydrogen (secondary N) is 1. The van der Waals surface area contributed by atoms with Gasteiger partial charge in [-0.05, 0) is 6.07 Å². The topological polar surface area (TPSA) is 92.9 Å². The van der Waals surface area contributed by atoms with Crippen LogP contribution in [0.2, 0.25) is 0 Å². The van der Waals surface area contributed by atoms with E-state index in [1.165, 1.54) is 12.5 Å². The Hall–Kier alpha value is -2.28. The third kappa shape index (κ3) is 3.11. The van der Waals surface area contributed by atoms with E-state index in [1.54, 1.807) is 10.9 Å². The van der Waals surface area contributed by atoms with Crippen molar-refractivity contribution in [3.63, 3.8) is 0 Å². The molecule has 7 nitrogen and oxygen atoms in total. The van der Waals surface area contributed by atoms with Crippen molar-refractivity contribution < 1.29 is 9.90 Å². The van der Waals surface area contributed by atoms with E-state index in [0.29, 0.717) is 18.8 Å². The molecule has 18 heavy (non-hydrogen) atoms. The highest BCUT2D eigenvalue weighted by Crippen LogP contribution is 2.02. The zero-order valence-corrected chi connectivity index (χ0v) is 9.65. The van der Waals surface area contributed by atoms with Crippen molar-refractivity contribution in [2.45, 2.75) is 13.1 Å². The summed E-state index contributed by atoms with van der Waals surface area (Å²) in [5.41, 5.74) is 0.613. The number of aromatic carboxylic acids is 1. The van der Waals surface area contributed by atoms with E-state index >= 15 is 0 Å². The maximum absolute atomic E-state index is 10.9. The Labute approximate surface area is 104 Å². The fourth-order valence-corrected chi connectivity index (χ4v) is 1.51. The molecule has 2 aromatic heterocycles. The predicted octanol–water partition coefficient (Wildman–Crippen LogP) is 0.161. The van der Waals surface area contributed by atoms with Crippen LogP contribution in [-0.4, -0.2) is 37.4 Å². The fourth-order valence-electron chi connectivity index (χ4n) is 1.51. The van der Waals surface area contributed by atoms with Crippen LogP contribution in [0.1, 0.15) is 16.1 Å². The first-order valence-corrected chi connectivity index (χ1v) is 5.47. The standard InChI is InChI=1S/C11H13N5O2/c17-11(18)9-6-13-8-14-10(9)7-12-3-5-16-4-1-2-15-16/h1-2,4,6,8,12H,3,5,7H2,(H,17,18). The van der Waals surface area contributed by atoms with Crippen molar-refractivity contribution in [1.29, 1.82) is 0 Å². The van der Waals surface area contributed by atoms with Gasteiger partial charge in [-0.1, -0.05) is 0 Å². The van der Waals surface area contributed by atoms with Crippen LogP contribution in [0.25, 0.3) is 0 Å². The molecule has 0 amide bonds. The van der Waals surface area contributed by atoms with E-state index in [9.17, 15) is 4.79 Å². The highest BCUT2D eigenvalue weighted by atomic mass is 16.4. The third-order valence-corrected chi connectivity index (χ3v) is 2.39. The summed E-state index contributed by atoms with van der Waals surface area (Å²) in [6.07, 6.45) is 6.23. The first-order valence-electron chi connectivity index (χ1n) is 5.47. The maximum atomic E-state index is 10.9. The van der Waals surface area contributed by atoms with Gasteiger partial charge in [0.25, 0.3) is 0 Å². The fraction of sp³-hybridized carbons (Fsp3) is 0.273. The number of nitrogens with zero attached hydrogens (tertiary/aromatic N) is 4. The maximum Gasteiger partial charge on any atom is 0.339 e. The lowest BCUT2D eigenvalue weighted by atomic mass is 10.2. The highest BCUT2D eigenvalue weighted by molar-refractivity contribution is 5.88. The average Bonchev–Trinajstić information content (AvgIpc) is 2.88. The second kappa shape index (κ2) is 5.87. The Morgan fingerprint density at radius 1 is 1.50 bits per heavy atom. The molecule has 0 aliphatic carbocycles. The van der Waals surface area contributed by atoms with Crippen molar-refractivity contribution in [2.75, 3.05) is 6.54 Å². The number of hydrogen-bond acceptors (Lipinski definition) is 5. The molecule has 0 fully saturated rings. The Morgan fingerprint density at radius 3 is 3.11 bits per heavy atom. The zero-order chi connectivity index (χ0) is 12.8. The molecule has 2 rings (SSSR count). The molecule has 7 heteroatoms. The van der Waals surface area contributed by atoms with E-state index < -0.39 is 5.97 Å². The molecule has 0 aromatic carbocycles. The van der Waals surface area contributed by atoms with Gasteiger partial charge in [-0.25, -0.2) is 14.8 Å². The van der Waals surface area contributed by atoms with Gasteiger partial charge >= 0.3 is 5.97 Å². The molecule has 0 saturated heterocycles. The van der Waals surface area contributed by atoms with Gasteiger partial charge in [0, 0.05) is 31.7 Å². The number of carboxylic acid groups (broad SMARTS) is 1. The average molecular weight is 247 g/mol. The minimum Gasteiger partial charge on any atom is -0.478 e. The van der Waals surface area contributed by atoms with Gasteiger partial charge in [0.1, 0.15) is 11.9 Å². The minimum absolute atomic E-state index is 0.129. The SMILES string of the molecule is O=C(O)c1cncnc1CNCCn1cccn1. The second-order valence-electron chi connectivity index (χ2n) is 3.63. The van der Waals surface area contributed by atoms with Crippen molar-refractivity contribution in [3.8, 4) is 0 Å². The number of hydrogen-bond donors (Lipinski definition) is 2. The van der Waals surface area contributed by atoms with Gasteiger partial charge < -0.3 is 10.4 Å². The van der Waals surface area contributed by atoms with Crippen LogP contribution in [-0.2, 0) is 13.1 Å². The van der Waals surface area contributed by atoms with Crippen molar-refractivity contribution in [2.24, 2.45) is 0 Å². The molecule has 0 saturated carbocycles. The van der Waals surface area contributed by atoms with Gasteiger partial charge in [0.2, 0.25) is 0 Å². The predicted molar refractivity (Wildman–Crippen MR) is 62.9 cm³/mol. The summed E-state index contributed by atoms with van der Waals surface area (Å²) in [7, 11) is 0. The molecular weight excluding hydrogens is 234 g/mol. The molecule has 0 atom stereocenters. The lowest BCUT2D eigenvalue weighted by Gasteiger charge is -2.06. The number of aromatic nitrogens is 4. The highest BCUT2D eigenvalue weighted by Gasteiger charge is 2.10. The minimum atomic E-state index is -1.01. The van der Waals surface area contributed by atoms with E-state index in [1.807, 2.05) is 12.3 Å². The molecule has 0 aliphatic heterocycles. The Bertz CT molecular complexity index is 512. The monoisotopic (exact) mass is 247 g/mol. The molecule has 0 aliphatic rings. The van der Waals surface area contributed by atoms with Crippen LogP contribution < -0.4 is 5.32 Å². The summed E-state index contributed by atoms with van der Waals surface area (Å²) < 4.78 is 1.80. The van der Waals surface area contributed by atoms with Crippen LogP contribution >= 0.6 is 0 Å². The van der Waals surface area contributed by atoms with E-state index in [2.05, 4.69) is 20.4 Å². The van der Waals surface area contributed by atoms with Gasteiger partial charge in [0.15, 0.2) is 0 Å². The van der Waals surface area contributed by atoms with E-state index in [-0.39, 0.29) is 5.56 Å². The Balaban J connectivity index is 1.85. The molecular formula is C11H13N5O2. The Kier molecular flexibility index (Phi) is 3.98. The third-order valence-electron chi connectivity index (χ3n) is 2.39. The molecule has 94 valence electrons. The number of carbonyl (C=O) groups is 1. The van der Waals surface area contributed by atoms with Crippen LogP contribution in [0.4, 0.5) is 0 Å². The van der Waals surface area contributed by atoms with Crippen molar-refractivity contribution in [3.05, 3.63) is 42.2 Å². The van der Waals surface area contributed by atoms with Gasteiger partial charge in [0.05, 0.1) is 12.2 Å². The molecule has 2 N–H and O–H groups in total. The molecule has 0 unspecified atom stereocenters. The summed E-state index contributed by atoms with van der Waals surface area (Å²) in [6, 6.07) is 1.85. The van der Waals surface area contributed by atoms with Gasteiger partial charge in [-0.2, -0.15) is 5.10 Å². The lowest BCUT2D eigenvalue weighted by Crippen LogP contribution is -2.22. The van der Waals surface area contributed by atoms with Crippen LogP contribution in [0.5, 0.6) is 0 Å². The molecule has 0 bridgehead atoms. The van der Waals surface area contributed by atoms with Gasteiger partial charge in [-0.15, -0.1) is 0 Å². The first kappa shape index (κ1) is 12.2. The summed E-state index contributed by atoms with van der Waals surface area (Å²) in [5, 5.41) is 16.1. The van der Waals surface area contributed by atoms with Crippen LogP contribution in [0, 0.1) is 0 Å². The van der Waals surface area contributed by atoms with Crippen LogP contribution in [0.3, 0.4) is 0 Å². The first-order chi connectivity index (χ1) is 8.77. The normalized spacial score (nSPS) is 10.4. The Morgan fingerprint density at radius 2 is 2.39 bits per heavy atom. The second-order valence-corrected chi connectivity index (χ2v) is 3.63. The van der Waals surface area contributed by atoms with E-state index in [0.717, 1.165) is 6.54 Å². The zero-order valence-electron chi connectivity index (χ0n) is 9.65. The summed E-state index contributed by atoms with van der Waals surface area (Å²) >= 11 is 0. The summed E-state index contributed by atoms with van der Waals surface area (Å²) in [4.78, 5) is 18.6. The largest absolute Gasteiger partial charge is 0.478 e. The van der Waals surface area contributed by atoms with Gasteiger partial charge in [-0.3, -0.25) is 4.68 Å². The van der Waals surface area contributed by atoms with Crippen molar-refractivity contribution in [1.82, 2.24) is 25.1 Å². The van der Waals surface area contributed by atoms with Crippen LogP contribution in [0.15, 0.2) is 31.0 Å². The van der Waals surface area contributed by atoms with Crippen molar-refractivity contribution >= 4 is 5.97 Å². The number of carboxylic acids is 1. The molecule has 2 heterocycles. The van der Waals surface area contributed by atoms with E-state index in [4.69, 9.17) is 5.11 Å². The number of rotatable bonds is 6.